The Morgan fingerprint density at radius 3 is 2.56 bits per heavy atom. The molecular weight excluding hydrogens is 334 g/mol. The molecule has 3 rings (SSSR count). The van der Waals surface area contributed by atoms with E-state index >= 15 is 0 Å². The molecule has 6 heteroatoms. The van der Waals surface area contributed by atoms with Crippen LogP contribution >= 0.6 is 12.2 Å². The zero-order chi connectivity index (χ0) is 17.8. The van der Waals surface area contributed by atoms with Gasteiger partial charge in [-0.1, -0.05) is 61.6 Å². The van der Waals surface area contributed by atoms with Crippen molar-refractivity contribution in [1.29, 1.82) is 0 Å². The van der Waals surface area contributed by atoms with Crippen molar-refractivity contribution in [3.63, 3.8) is 0 Å². The second-order valence-electron chi connectivity index (χ2n) is 5.56. The Morgan fingerprint density at radius 1 is 1.20 bits per heavy atom. The number of aryl methyl sites for hydroxylation is 1. The fourth-order valence-electron chi connectivity index (χ4n) is 2.72. The molecule has 0 radical (unpaired) electrons. The summed E-state index contributed by atoms with van der Waals surface area (Å²) in [7, 11) is 0. The van der Waals surface area contributed by atoms with Crippen molar-refractivity contribution < 1.29 is 9.90 Å². The lowest BCUT2D eigenvalue weighted by Gasteiger charge is -2.08. The Labute approximate surface area is 151 Å². The van der Waals surface area contributed by atoms with E-state index in [-0.39, 0.29) is 0 Å². The second kappa shape index (κ2) is 7.36. The molecule has 0 saturated heterocycles. The summed E-state index contributed by atoms with van der Waals surface area (Å²) in [5.41, 5.74) is 2.94. The van der Waals surface area contributed by atoms with Crippen molar-refractivity contribution in [3.05, 3.63) is 71.3 Å². The zero-order valence-electron chi connectivity index (χ0n) is 13.7. The molecule has 0 aliphatic heterocycles. The molecule has 0 bridgehead atoms. The van der Waals surface area contributed by atoms with Crippen molar-refractivity contribution >= 4 is 23.6 Å². The third-order valence-corrected chi connectivity index (χ3v) is 4.15. The first-order chi connectivity index (χ1) is 12.1. The molecule has 1 aromatic heterocycles. The van der Waals surface area contributed by atoms with Crippen molar-refractivity contribution in [2.24, 2.45) is 0 Å². The van der Waals surface area contributed by atoms with E-state index < -0.39 is 5.97 Å². The molecule has 5 nitrogen and oxygen atoms in total. The van der Waals surface area contributed by atoms with Gasteiger partial charge in [0.2, 0.25) is 0 Å². The molecule has 0 saturated carbocycles. The number of benzene rings is 2. The second-order valence-corrected chi connectivity index (χ2v) is 5.80. The molecule has 25 heavy (non-hydrogen) atoms. The lowest BCUT2D eigenvalue weighted by atomic mass is 9.99. The van der Waals surface area contributed by atoms with Crippen LogP contribution in [-0.4, -0.2) is 31.2 Å². The van der Waals surface area contributed by atoms with E-state index in [1.807, 2.05) is 48.0 Å². The molecule has 0 aliphatic carbocycles. The summed E-state index contributed by atoms with van der Waals surface area (Å²) in [4.78, 5) is 15.7. The number of hydrogen-bond donors (Lipinski definition) is 1. The number of hydrogen-bond acceptors (Lipinski definition) is 4. The minimum atomic E-state index is -0.928. The summed E-state index contributed by atoms with van der Waals surface area (Å²) < 4.78 is 1.85. The van der Waals surface area contributed by atoms with Crippen LogP contribution in [0.15, 0.2) is 48.5 Å². The molecule has 1 N–H and O–H groups in total. The molecule has 0 spiro atoms. The van der Waals surface area contributed by atoms with E-state index in [2.05, 4.69) is 10.1 Å². The van der Waals surface area contributed by atoms with Gasteiger partial charge in [0, 0.05) is 11.8 Å². The van der Waals surface area contributed by atoms with Gasteiger partial charge in [0.05, 0.1) is 12.1 Å². The first kappa shape index (κ1) is 17.0. The maximum Gasteiger partial charge on any atom is 0.336 e. The zero-order valence-corrected chi connectivity index (χ0v) is 14.5. The number of carboxylic acid groups (broad SMARTS) is 1. The minimum Gasteiger partial charge on any atom is -0.478 e. The number of thiocarbonyl (C=S) groups is 1. The SMILES string of the molecule is CCc1nc(C=S)nn1Cc1ccc(-c2ccccc2C(=O)O)cc1. The fraction of sp³-hybridized carbons (Fsp3) is 0.158. The van der Waals surface area contributed by atoms with Gasteiger partial charge in [-0.15, -0.1) is 0 Å². The summed E-state index contributed by atoms with van der Waals surface area (Å²) in [6, 6.07) is 14.8. The van der Waals surface area contributed by atoms with Crippen molar-refractivity contribution in [3.8, 4) is 11.1 Å². The summed E-state index contributed by atoms with van der Waals surface area (Å²) in [5.74, 6) is 0.512. The minimum absolute atomic E-state index is 0.297. The van der Waals surface area contributed by atoms with Gasteiger partial charge in [-0.25, -0.2) is 14.5 Å². The molecule has 126 valence electrons. The highest BCUT2D eigenvalue weighted by atomic mass is 32.1. The normalized spacial score (nSPS) is 10.6. The Kier molecular flexibility index (Phi) is 5.00. The molecule has 0 fully saturated rings. The van der Waals surface area contributed by atoms with E-state index in [0.29, 0.717) is 23.5 Å². The number of nitrogens with zero attached hydrogens (tertiary/aromatic N) is 3. The van der Waals surface area contributed by atoms with E-state index in [4.69, 9.17) is 12.2 Å². The summed E-state index contributed by atoms with van der Waals surface area (Å²) >= 11 is 4.90. The van der Waals surface area contributed by atoms with Gasteiger partial charge in [0.1, 0.15) is 5.82 Å². The van der Waals surface area contributed by atoms with Crippen LogP contribution in [0.25, 0.3) is 11.1 Å². The van der Waals surface area contributed by atoms with Crippen LogP contribution < -0.4 is 0 Å². The highest BCUT2D eigenvalue weighted by Crippen LogP contribution is 2.24. The molecule has 2 aromatic carbocycles. The first-order valence-electron chi connectivity index (χ1n) is 7.93. The number of aromatic carboxylic acids is 1. The standard InChI is InChI=1S/C19H17N3O2S/c1-2-18-20-17(12-25)21-22(18)11-13-7-9-14(10-8-13)15-5-3-4-6-16(15)19(23)24/h3-10,12H,2,11H2,1H3,(H,23,24). The van der Waals surface area contributed by atoms with Crippen molar-refractivity contribution in [2.45, 2.75) is 19.9 Å². The van der Waals surface area contributed by atoms with Crippen LogP contribution in [0.3, 0.4) is 0 Å². The molecule has 3 aromatic rings. The van der Waals surface area contributed by atoms with Gasteiger partial charge in [-0.2, -0.15) is 5.10 Å². The highest BCUT2D eigenvalue weighted by Gasteiger charge is 2.11. The van der Waals surface area contributed by atoms with Crippen LogP contribution in [0.2, 0.25) is 0 Å². The maximum absolute atomic E-state index is 11.4. The Hall–Kier alpha value is -2.86. The molecular formula is C19H17N3O2S. The highest BCUT2D eigenvalue weighted by molar-refractivity contribution is 7.79. The number of carboxylic acids is 1. The largest absolute Gasteiger partial charge is 0.478 e. The van der Waals surface area contributed by atoms with E-state index in [1.54, 1.807) is 12.1 Å². The summed E-state index contributed by atoms with van der Waals surface area (Å²) in [6.45, 7) is 2.62. The van der Waals surface area contributed by atoms with Crippen molar-refractivity contribution in [2.75, 3.05) is 0 Å². The van der Waals surface area contributed by atoms with Gasteiger partial charge in [-0.05, 0) is 22.8 Å². The Balaban J connectivity index is 1.87. The maximum atomic E-state index is 11.4. The van der Waals surface area contributed by atoms with Gasteiger partial charge in [-0.3, -0.25) is 0 Å². The third-order valence-electron chi connectivity index (χ3n) is 3.94. The Bertz CT molecular complexity index is 917. The van der Waals surface area contributed by atoms with Crippen LogP contribution in [0, 0.1) is 0 Å². The first-order valence-corrected chi connectivity index (χ1v) is 8.40. The van der Waals surface area contributed by atoms with Gasteiger partial charge < -0.3 is 5.11 Å². The van der Waals surface area contributed by atoms with Crippen LogP contribution in [0.4, 0.5) is 0 Å². The monoisotopic (exact) mass is 351 g/mol. The number of aromatic nitrogens is 3. The van der Waals surface area contributed by atoms with Crippen molar-refractivity contribution in [1.82, 2.24) is 14.8 Å². The Morgan fingerprint density at radius 2 is 1.92 bits per heavy atom. The van der Waals surface area contributed by atoms with Crippen LogP contribution in [0.5, 0.6) is 0 Å². The quantitative estimate of drug-likeness (QED) is 0.687. The average Bonchev–Trinajstić information content (AvgIpc) is 3.04. The fourth-order valence-corrected chi connectivity index (χ4v) is 2.82. The number of rotatable bonds is 6. The van der Waals surface area contributed by atoms with E-state index in [0.717, 1.165) is 23.4 Å². The molecule has 1 heterocycles. The molecule has 0 amide bonds. The molecule has 0 atom stereocenters. The number of carbonyl (C=O) groups is 1. The van der Waals surface area contributed by atoms with E-state index in [9.17, 15) is 9.90 Å². The van der Waals surface area contributed by atoms with Gasteiger partial charge in [0.25, 0.3) is 0 Å². The van der Waals surface area contributed by atoms with Gasteiger partial charge in [0.15, 0.2) is 5.82 Å². The average molecular weight is 351 g/mol. The topological polar surface area (TPSA) is 68.0 Å². The lowest BCUT2D eigenvalue weighted by Crippen LogP contribution is -2.06. The molecule has 0 unspecified atom stereocenters. The third kappa shape index (κ3) is 3.64. The van der Waals surface area contributed by atoms with E-state index in [1.165, 1.54) is 5.37 Å². The predicted molar refractivity (Wildman–Crippen MR) is 100 cm³/mol. The van der Waals surface area contributed by atoms with Gasteiger partial charge >= 0.3 is 5.97 Å². The lowest BCUT2D eigenvalue weighted by molar-refractivity contribution is 0.0697. The van der Waals surface area contributed by atoms with Crippen LogP contribution in [0.1, 0.15) is 34.5 Å². The molecule has 0 aliphatic rings. The summed E-state index contributed by atoms with van der Waals surface area (Å²) in [6.07, 6.45) is 0.778. The summed E-state index contributed by atoms with van der Waals surface area (Å²) in [5, 5.41) is 15.2. The smallest absolute Gasteiger partial charge is 0.336 e. The predicted octanol–water partition coefficient (Wildman–Crippen LogP) is 3.60. The van der Waals surface area contributed by atoms with Crippen LogP contribution in [-0.2, 0) is 13.0 Å².